The number of hydrogen-bond donors (Lipinski definition) is 2. The lowest BCUT2D eigenvalue weighted by molar-refractivity contribution is -0.135. The minimum Gasteiger partial charge on any atom is -0.384 e. The second kappa shape index (κ2) is 19.1. The number of nitrogens with zero attached hydrogens (tertiary/aromatic N) is 9. The Morgan fingerprint density at radius 2 is 1.72 bits per heavy atom. The largest absolute Gasteiger partial charge is 0.384 e. The number of hydrogen-bond acceptors (Lipinski definition) is 10. The van der Waals surface area contributed by atoms with E-state index in [1.807, 2.05) is 61.5 Å². The van der Waals surface area contributed by atoms with Gasteiger partial charge in [0.25, 0.3) is 11.5 Å². The lowest BCUT2D eigenvalue weighted by Gasteiger charge is -2.42. The summed E-state index contributed by atoms with van der Waals surface area (Å²) in [6.07, 6.45) is 9.43. The molecule has 2 N–H and O–H groups in total. The van der Waals surface area contributed by atoms with Crippen molar-refractivity contribution in [3.8, 4) is 5.69 Å². The van der Waals surface area contributed by atoms with Crippen molar-refractivity contribution in [1.29, 1.82) is 0 Å². The summed E-state index contributed by atoms with van der Waals surface area (Å²) in [7, 11) is 3.75. The molecule has 3 fully saturated rings. The molecule has 0 bridgehead atoms. The number of nitrogens with one attached hydrogen (secondary N) is 2. The molecule has 11 rings (SSSR count). The van der Waals surface area contributed by atoms with Crippen LogP contribution < -0.4 is 21.9 Å². The molecular formula is C55H64FN11O5. The van der Waals surface area contributed by atoms with Crippen LogP contribution in [0.25, 0.3) is 33.3 Å². The monoisotopic (exact) mass is 978 g/mol. The fraction of sp³-hybridized carbons (Fsp3) is 0.455. The Kier molecular flexibility index (Phi) is 12.6. The molecule has 3 atom stereocenters. The molecule has 4 aromatic heterocycles. The average Bonchev–Trinajstić information content (AvgIpc) is 4.06. The van der Waals surface area contributed by atoms with Crippen LogP contribution in [0.4, 0.5) is 10.1 Å². The number of benzene rings is 2. The molecule has 16 nitrogen and oxygen atoms in total. The Morgan fingerprint density at radius 1 is 0.903 bits per heavy atom. The zero-order valence-electron chi connectivity index (χ0n) is 41.9. The van der Waals surface area contributed by atoms with Crippen molar-refractivity contribution in [2.24, 2.45) is 20.0 Å². The van der Waals surface area contributed by atoms with Gasteiger partial charge >= 0.3 is 5.69 Å². The Balaban J connectivity index is 0.677. The second-order valence-corrected chi connectivity index (χ2v) is 20.9. The zero-order valence-corrected chi connectivity index (χ0v) is 41.9. The number of imide groups is 1. The molecule has 6 aromatic rings. The Bertz CT molecular complexity index is 3300. The third-order valence-corrected chi connectivity index (χ3v) is 16.5. The molecule has 72 heavy (non-hydrogen) atoms. The molecule has 3 saturated heterocycles. The van der Waals surface area contributed by atoms with Gasteiger partial charge in [-0.05, 0) is 118 Å². The van der Waals surface area contributed by atoms with E-state index in [0.29, 0.717) is 67.5 Å². The number of pyridine rings is 2. The van der Waals surface area contributed by atoms with E-state index in [2.05, 4.69) is 55.9 Å². The first kappa shape index (κ1) is 47.6. The van der Waals surface area contributed by atoms with Crippen LogP contribution >= 0.6 is 0 Å². The van der Waals surface area contributed by atoms with Gasteiger partial charge in [0.15, 0.2) is 0 Å². The number of aromatic nitrogens is 5. The highest BCUT2D eigenvalue weighted by molar-refractivity contribution is 6.00. The Hall–Kier alpha value is -6.69. The van der Waals surface area contributed by atoms with Gasteiger partial charge in [-0.1, -0.05) is 12.1 Å². The molecule has 2 aromatic carbocycles. The zero-order chi connectivity index (χ0) is 50.1. The number of imidazole rings is 1. The lowest BCUT2D eigenvalue weighted by Crippen LogP contribution is -2.53. The quantitative estimate of drug-likeness (QED) is 0.164. The van der Waals surface area contributed by atoms with Crippen LogP contribution in [-0.2, 0) is 36.6 Å². The minimum absolute atomic E-state index is 0.00302. The van der Waals surface area contributed by atoms with Crippen LogP contribution in [0, 0.1) is 18.7 Å². The first-order chi connectivity index (χ1) is 34.7. The van der Waals surface area contributed by atoms with Gasteiger partial charge in [-0.3, -0.25) is 52.9 Å². The fourth-order valence-electron chi connectivity index (χ4n) is 12.4. The second-order valence-electron chi connectivity index (χ2n) is 20.9. The van der Waals surface area contributed by atoms with Crippen LogP contribution in [0.2, 0.25) is 0 Å². The highest BCUT2D eigenvalue weighted by Gasteiger charge is 2.33. The van der Waals surface area contributed by atoms with Gasteiger partial charge in [-0.25, -0.2) is 14.2 Å². The summed E-state index contributed by atoms with van der Waals surface area (Å²) in [4.78, 5) is 79.1. The molecule has 376 valence electrons. The Morgan fingerprint density at radius 3 is 2.47 bits per heavy atom. The van der Waals surface area contributed by atoms with Gasteiger partial charge in [0, 0.05) is 144 Å². The van der Waals surface area contributed by atoms with E-state index in [0.717, 1.165) is 115 Å². The number of aryl methyl sites for hydroxylation is 3. The van der Waals surface area contributed by atoms with Crippen molar-refractivity contribution >= 4 is 51.0 Å². The normalized spacial score (nSPS) is 21.0. The number of fused-ring (bicyclic) bond motifs is 3. The van der Waals surface area contributed by atoms with E-state index in [1.165, 1.54) is 10.6 Å². The average molecular weight is 978 g/mol. The molecule has 9 heterocycles. The number of rotatable bonds is 10. The summed E-state index contributed by atoms with van der Waals surface area (Å²) in [5.41, 5.74) is 9.45. The van der Waals surface area contributed by atoms with Gasteiger partial charge in [-0.2, -0.15) is 0 Å². The number of amides is 3. The van der Waals surface area contributed by atoms with E-state index >= 15 is 4.39 Å². The number of piperidine rings is 2. The fourth-order valence-corrected chi connectivity index (χ4v) is 12.4. The molecule has 5 aliphatic rings. The number of carbonyl (C=O) groups is 3. The number of piperazine rings is 1. The maximum absolute atomic E-state index is 16.2. The summed E-state index contributed by atoms with van der Waals surface area (Å²) >= 11 is 0. The molecule has 0 spiro atoms. The molecular weight excluding hydrogens is 914 g/mol. The highest BCUT2D eigenvalue weighted by atomic mass is 19.1. The molecule has 1 unspecified atom stereocenters. The molecule has 5 aliphatic heterocycles. The van der Waals surface area contributed by atoms with E-state index in [4.69, 9.17) is 4.98 Å². The predicted octanol–water partition coefficient (Wildman–Crippen LogP) is 5.68. The smallest absolute Gasteiger partial charge is 0.329 e. The van der Waals surface area contributed by atoms with Crippen LogP contribution in [0.15, 0.2) is 76.6 Å². The summed E-state index contributed by atoms with van der Waals surface area (Å²) in [5.74, 6) is -0.741. The van der Waals surface area contributed by atoms with Crippen molar-refractivity contribution < 1.29 is 18.8 Å². The van der Waals surface area contributed by atoms with Crippen LogP contribution in [0.5, 0.6) is 0 Å². The van der Waals surface area contributed by atoms with Crippen molar-refractivity contribution in [2.45, 2.75) is 84.0 Å². The summed E-state index contributed by atoms with van der Waals surface area (Å²) in [5, 5.41) is 6.59. The maximum atomic E-state index is 16.2. The Labute approximate surface area is 417 Å². The van der Waals surface area contributed by atoms with Gasteiger partial charge in [-0.15, -0.1) is 0 Å². The number of likely N-dealkylation sites (tertiary alicyclic amines) is 1. The van der Waals surface area contributed by atoms with Crippen molar-refractivity contribution in [2.75, 3.05) is 64.2 Å². The first-order valence-corrected chi connectivity index (χ1v) is 25.7. The summed E-state index contributed by atoms with van der Waals surface area (Å²) in [6, 6.07) is 15.0. The van der Waals surface area contributed by atoms with Gasteiger partial charge in [0.1, 0.15) is 17.5 Å². The number of anilines is 1. The minimum atomic E-state index is -0.707. The standard InChI is InChI=1S/C55H64FN11O5/c1-33-26-39(28-42(56)50(33)38-14-21-63(22-15-38)35(3)47-29-41-44(11-18-58-51(41)60(47)4)66-23-16-43-40(54(66)71)10-17-57-43)53(70)64-19-12-36(13-20-64)32-65-25-24-62(30-34(65)2)31-37-6-7-45-48(27-37)61(5)55(72)67(45)46-8-9-49(68)59-52(46)69/h6-7,11,14,16,18,23,26-29,34-36,46,57H,8-10,12-13,15,17,19-22,24-25,30-32H2,1-5H3,(H,59,68,69)/t34-,35-,46?/m0/s1. The third-order valence-electron chi connectivity index (χ3n) is 16.5. The van der Waals surface area contributed by atoms with Crippen LogP contribution in [0.3, 0.4) is 0 Å². The van der Waals surface area contributed by atoms with Gasteiger partial charge in [0.05, 0.1) is 16.7 Å². The SMILES string of the molecule is Cc1cc(C(=O)N2CCC(CN3CCN(Cc4ccc5c(c4)n(C)c(=O)n5C4CCC(=O)NC4=O)C[C@@H]3C)CC2)cc(F)c1C1=CCN([C@@H](C)c2cc3c(-n4ccc5c(c4=O)CCN5)ccnc3n2C)CC1. The topological polar surface area (TPSA) is 155 Å². The summed E-state index contributed by atoms with van der Waals surface area (Å²) in [6.45, 7) is 14.3. The van der Waals surface area contributed by atoms with Gasteiger partial charge < -0.3 is 14.8 Å². The molecule has 17 heteroatoms. The van der Waals surface area contributed by atoms with E-state index in [1.54, 1.807) is 22.4 Å². The highest BCUT2D eigenvalue weighted by Crippen LogP contribution is 2.35. The van der Waals surface area contributed by atoms with Gasteiger partial charge in [0.2, 0.25) is 11.8 Å². The van der Waals surface area contributed by atoms with Crippen molar-refractivity contribution in [3.05, 3.63) is 127 Å². The van der Waals surface area contributed by atoms with Crippen molar-refractivity contribution in [1.82, 2.24) is 48.2 Å². The van der Waals surface area contributed by atoms with E-state index in [-0.39, 0.29) is 41.3 Å². The molecule has 0 aliphatic carbocycles. The summed E-state index contributed by atoms with van der Waals surface area (Å²) < 4.78 is 23.1. The lowest BCUT2D eigenvalue weighted by atomic mass is 9.92. The molecule has 3 amide bonds. The maximum Gasteiger partial charge on any atom is 0.329 e. The van der Waals surface area contributed by atoms with E-state index < -0.39 is 11.9 Å². The molecule has 0 saturated carbocycles. The predicted molar refractivity (Wildman–Crippen MR) is 276 cm³/mol. The first-order valence-electron chi connectivity index (χ1n) is 25.7. The van der Waals surface area contributed by atoms with Crippen LogP contribution in [0.1, 0.15) is 96.3 Å². The number of halogens is 1. The third kappa shape index (κ3) is 8.57. The van der Waals surface area contributed by atoms with Crippen LogP contribution in [-0.4, -0.2) is 126 Å². The number of carbonyl (C=O) groups excluding carboxylic acids is 3. The van der Waals surface area contributed by atoms with E-state index in [9.17, 15) is 24.0 Å². The molecule has 0 radical (unpaired) electrons. The van der Waals surface area contributed by atoms with Crippen molar-refractivity contribution in [3.63, 3.8) is 0 Å².